The first-order chi connectivity index (χ1) is 10.7. The first-order valence-corrected chi connectivity index (χ1v) is 8.35. The predicted octanol–water partition coefficient (Wildman–Crippen LogP) is 5.51. The Hall–Kier alpha value is -1.89. The lowest BCUT2D eigenvalue weighted by molar-refractivity contribution is 0.0920. The van der Waals surface area contributed by atoms with Crippen molar-refractivity contribution < 1.29 is 4.79 Å². The molecule has 22 heavy (non-hydrogen) atoms. The van der Waals surface area contributed by atoms with Crippen molar-refractivity contribution in [3.8, 4) is 0 Å². The van der Waals surface area contributed by atoms with E-state index in [1.54, 1.807) is 0 Å². The molecule has 1 aromatic rings. The van der Waals surface area contributed by atoms with Gasteiger partial charge < -0.3 is 0 Å². The van der Waals surface area contributed by atoms with Gasteiger partial charge in [-0.25, -0.2) is 0 Å². The molecule has 0 heterocycles. The van der Waals surface area contributed by atoms with Crippen LogP contribution in [0.1, 0.15) is 49.4 Å². The summed E-state index contributed by atoms with van der Waals surface area (Å²) < 4.78 is 0. The lowest BCUT2D eigenvalue weighted by Crippen LogP contribution is -2.11. The largest absolute Gasteiger partial charge is 0.294 e. The third kappa shape index (κ3) is 3.65. The average Bonchev–Trinajstić information content (AvgIpc) is 2.91. The van der Waals surface area contributed by atoms with Crippen molar-refractivity contribution in [1.29, 1.82) is 0 Å². The number of Topliss-reactive ketones (excluding diaryl/α,β-unsaturated/α-hetero) is 1. The fraction of sp³-hybridized carbons (Fsp3) is 0.381. The fourth-order valence-electron chi connectivity index (χ4n) is 3.59. The zero-order valence-electron chi connectivity index (χ0n) is 13.3. The van der Waals surface area contributed by atoms with Gasteiger partial charge in [0.05, 0.1) is 0 Å². The lowest BCUT2D eigenvalue weighted by Gasteiger charge is -2.11. The van der Waals surface area contributed by atoms with Crippen molar-refractivity contribution in [2.24, 2.45) is 11.8 Å². The molecule has 0 saturated heterocycles. The summed E-state index contributed by atoms with van der Waals surface area (Å²) in [4.78, 5) is 12.5. The third-order valence-electron chi connectivity index (χ3n) is 4.87. The van der Waals surface area contributed by atoms with Crippen LogP contribution in [0.2, 0.25) is 0 Å². The molecule has 0 amide bonds. The molecule has 2 unspecified atom stereocenters. The van der Waals surface area contributed by atoms with E-state index in [-0.39, 0.29) is 5.92 Å². The van der Waals surface area contributed by atoms with E-state index in [1.165, 1.54) is 17.6 Å². The molecule has 0 radical (unpaired) electrons. The van der Waals surface area contributed by atoms with Crippen molar-refractivity contribution in [1.82, 2.24) is 0 Å². The molecule has 2 atom stereocenters. The minimum absolute atomic E-state index is 0.225. The van der Waals surface area contributed by atoms with Gasteiger partial charge in [0.15, 0.2) is 5.78 Å². The van der Waals surface area contributed by atoms with Gasteiger partial charge in [-0.2, -0.15) is 0 Å². The Bertz CT molecular complexity index is 619. The molecular formula is C21H24O. The van der Waals surface area contributed by atoms with Crippen molar-refractivity contribution in [3.63, 3.8) is 0 Å². The van der Waals surface area contributed by atoms with Gasteiger partial charge in [0.1, 0.15) is 0 Å². The minimum atomic E-state index is 0.225. The Balaban J connectivity index is 1.58. The van der Waals surface area contributed by atoms with E-state index in [0.29, 0.717) is 11.7 Å². The number of hydrogen-bond acceptors (Lipinski definition) is 1. The normalized spacial score (nSPS) is 24.6. The van der Waals surface area contributed by atoms with Gasteiger partial charge in [0, 0.05) is 11.5 Å². The molecule has 0 aliphatic heterocycles. The van der Waals surface area contributed by atoms with Gasteiger partial charge in [-0.15, -0.1) is 0 Å². The van der Waals surface area contributed by atoms with Crippen LogP contribution in [0.15, 0.2) is 65.8 Å². The van der Waals surface area contributed by atoms with Crippen LogP contribution < -0.4 is 0 Å². The summed E-state index contributed by atoms with van der Waals surface area (Å²) in [5.74, 6) is 1.22. The molecule has 0 aromatic heterocycles. The van der Waals surface area contributed by atoms with Gasteiger partial charge in [0.2, 0.25) is 0 Å². The van der Waals surface area contributed by atoms with Gasteiger partial charge in [-0.05, 0) is 44.9 Å². The summed E-state index contributed by atoms with van der Waals surface area (Å²) >= 11 is 0. The first kappa shape index (κ1) is 15.0. The van der Waals surface area contributed by atoms with E-state index < -0.39 is 0 Å². The Morgan fingerprint density at radius 3 is 2.73 bits per heavy atom. The van der Waals surface area contributed by atoms with Crippen LogP contribution >= 0.6 is 0 Å². The van der Waals surface area contributed by atoms with Gasteiger partial charge in [-0.1, -0.05) is 65.8 Å². The quantitative estimate of drug-likeness (QED) is 0.669. The number of hydrogen-bond donors (Lipinski definition) is 0. The summed E-state index contributed by atoms with van der Waals surface area (Å²) in [6.45, 7) is 2.15. The zero-order valence-corrected chi connectivity index (χ0v) is 13.3. The van der Waals surface area contributed by atoms with Crippen molar-refractivity contribution >= 4 is 5.78 Å². The summed E-state index contributed by atoms with van der Waals surface area (Å²) in [5.41, 5.74) is 3.65. The highest BCUT2D eigenvalue weighted by Gasteiger charge is 2.30. The van der Waals surface area contributed by atoms with E-state index >= 15 is 0 Å². The maximum atomic E-state index is 12.5. The van der Waals surface area contributed by atoms with E-state index in [2.05, 4.69) is 31.2 Å². The maximum absolute atomic E-state index is 12.5. The minimum Gasteiger partial charge on any atom is -0.294 e. The molecule has 1 nitrogen and oxygen atoms in total. The predicted molar refractivity (Wildman–Crippen MR) is 91.8 cm³/mol. The molecule has 0 spiro atoms. The number of allylic oxidation sites excluding steroid dienone is 6. The van der Waals surface area contributed by atoms with Crippen LogP contribution in [0.4, 0.5) is 0 Å². The molecule has 3 rings (SSSR count). The third-order valence-corrected chi connectivity index (χ3v) is 4.87. The van der Waals surface area contributed by atoms with E-state index in [0.717, 1.165) is 31.2 Å². The molecule has 114 valence electrons. The Labute approximate surface area is 133 Å². The Morgan fingerprint density at radius 2 is 1.91 bits per heavy atom. The van der Waals surface area contributed by atoms with Crippen LogP contribution in [-0.4, -0.2) is 5.78 Å². The average molecular weight is 292 g/mol. The number of rotatable bonds is 4. The van der Waals surface area contributed by atoms with Crippen LogP contribution in [0.3, 0.4) is 0 Å². The monoisotopic (exact) mass is 292 g/mol. The molecule has 1 fully saturated rings. The summed E-state index contributed by atoms with van der Waals surface area (Å²) in [6.07, 6.45) is 14.5. The van der Waals surface area contributed by atoms with E-state index in [1.807, 2.05) is 30.3 Å². The van der Waals surface area contributed by atoms with Gasteiger partial charge in [0.25, 0.3) is 0 Å². The Kier molecular flexibility index (Phi) is 4.72. The van der Waals surface area contributed by atoms with Crippen molar-refractivity contribution in [3.05, 3.63) is 71.3 Å². The second-order valence-corrected chi connectivity index (χ2v) is 6.61. The molecule has 1 heteroatoms. The summed E-state index contributed by atoms with van der Waals surface area (Å²) in [5, 5.41) is 0. The molecule has 2 aliphatic rings. The fourth-order valence-corrected chi connectivity index (χ4v) is 3.59. The molecule has 1 saturated carbocycles. The SMILES string of the molecule is CC1=CCC=C(CC2CCC(C(=O)c3ccccc3)C2)C=C1. The maximum Gasteiger partial charge on any atom is 0.165 e. The van der Waals surface area contributed by atoms with Crippen molar-refractivity contribution in [2.75, 3.05) is 0 Å². The highest BCUT2D eigenvalue weighted by atomic mass is 16.1. The molecule has 0 N–H and O–H groups in total. The molecule has 0 bridgehead atoms. The second-order valence-electron chi connectivity index (χ2n) is 6.61. The number of carbonyl (C=O) groups excluding carboxylic acids is 1. The summed E-state index contributed by atoms with van der Waals surface area (Å²) in [6, 6.07) is 9.77. The number of carbonyl (C=O) groups is 1. The second kappa shape index (κ2) is 6.91. The van der Waals surface area contributed by atoms with Crippen LogP contribution in [0, 0.1) is 11.8 Å². The topological polar surface area (TPSA) is 17.1 Å². The molecule has 2 aliphatic carbocycles. The number of benzene rings is 1. The molecular weight excluding hydrogens is 268 g/mol. The van der Waals surface area contributed by atoms with Gasteiger partial charge >= 0.3 is 0 Å². The Morgan fingerprint density at radius 1 is 1.09 bits per heavy atom. The highest BCUT2D eigenvalue weighted by molar-refractivity contribution is 5.97. The van der Waals surface area contributed by atoms with Crippen LogP contribution in [0.25, 0.3) is 0 Å². The summed E-state index contributed by atoms with van der Waals surface area (Å²) in [7, 11) is 0. The number of ketones is 1. The highest BCUT2D eigenvalue weighted by Crippen LogP contribution is 2.37. The zero-order chi connectivity index (χ0) is 15.4. The van der Waals surface area contributed by atoms with Crippen molar-refractivity contribution in [2.45, 2.75) is 39.0 Å². The van der Waals surface area contributed by atoms with Crippen LogP contribution in [-0.2, 0) is 0 Å². The van der Waals surface area contributed by atoms with Gasteiger partial charge in [-0.3, -0.25) is 4.79 Å². The first-order valence-electron chi connectivity index (χ1n) is 8.35. The van der Waals surface area contributed by atoms with Crippen LogP contribution in [0.5, 0.6) is 0 Å². The van der Waals surface area contributed by atoms with E-state index in [4.69, 9.17) is 0 Å². The molecule has 1 aromatic carbocycles. The smallest absolute Gasteiger partial charge is 0.165 e. The van der Waals surface area contributed by atoms with E-state index in [9.17, 15) is 4.79 Å². The lowest BCUT2D eigenvalue weighted by atomic mass is 9.92. The standard InChI is InChI=1S/C21H24O/c1-16-6-5-7-17(11-10-16)14-18-12-13-20(15-18)21(22)19-8-3-2-4-9-19/h2-4,6-11,18,20H,5,12-15H2,1H3.